The molecule has 0 unspecified atom stereocenters. The van der Waals surface area contributed by atoms with Gasteiger partial charge in [0.1, 0.15) is 0 Å². The van der Waals surface area contributed by atoms with Gasteiger partial charge in [-0.3, -0.25) is 14.3 Å². The fourth-order valence-electron chi connectivity index (χ4n) is 4.36. The summed E-state index contributed by atoms with van der Waals surface area (Å²) in [4.78, 5) is 26.2. The molecule has 1 saturated heterocycles. The van der Waals surface area contributed by atoms with Crippen LogP contribution in [0.25, 0.3) is 6.20 Å². The first-order valence-corrected chi connectivity index (χ1v) is 15.9. The van der Waals surface area contributed by atoms with Crippen LogP contribution in [0.4, 0.5) is 0 Å². The standard InChI is InChI=1S/C22H40N2O5SSi2/c1-14(2)31(15(3)4)27-13-20(30)19(28-32(29-31,16(5)6)17(7)8)10-11-24-12-18(9)21(25)23-22(24)26/h10-12,14-17,19-20,30H,13H2,1-9H3,(H,23,25,26)/b11-10+/t19-,20+/m0/s1. The molecule has 1 aliphatic heterocycles. The van der Waals surface area contributed by atoms with Gasteiger partial charge >= 0.3 is 22.8 Å². The van der Waals surface area contributed by atoms with Gasteiger partial charge in [-0.15, -0.1) is 0 Å². The molecule has 2 atom stereocenters. The Kier molecular flexibility index (Phi) is 9.02. The highest BCUT2D eigenvalue weighted by Crippen LogP contribution is 2.46. The summed E-state index contributed by atoms with van der Waals surface area (Å²) in [7, 11) is -5.36. The van der Waals surface area contributed by atoms with Crippen LogP contribution in [0.5, 0.6) is 0 Å². The van der Waals surface area contributed by atoms with Gasteiger partial charge in [0.2, 0.25) is 0 Å². The summed E-state index contributed by atoms with van der Waals surface area (Å²) in [6.07, 6.45) is 4.58. The minimum atomic E-state index is -2.77. The predicted molar refractivity (Wildman–Crippen MR) is 138 cm³/mol. The zero-order chi connectivity index (χ0) is 24.4. The number of aromatic nitrogens is 2. The normalized spacial score (nSPS) is 23.9. The van der Waals surface area contributed by atoms with Gasteiger partial charge in [0.15, 0.2) is 0 Å². The lowest BCUT2D eigenvalue weighted by Gasteiger charge is -2.51. The predicted octanol–water partition coefficient (Wildman–Crippen LogP) is 4.57. The Hall–Kier alpha value is -0.916. The number of nitrogens with one attached hydrogen (secondary N) is 1. The second-order valence-corrected chi connectivity index (χ2v) is 19.5. The Morgan fingerprint density at radius 2 is 1.56 bits per heavy atom. The van der Waals surface area contributed by atoms with Crippen LogP contribution in [0.2, 0.25) is 22.2 Å². The Balaban J connectivity index is 2.54. The molecule has 10 heteroatoms. The van der Waals surface area contributed by atoms with Gasteiger partial charge in [0.05, 0.1) is 18.0 Å². The molecule has 7 nitrogen and oxygen atoms in total. The molecule has 2 heterocycles. The molecule has 2 rings (SSSR count). The molecular formula is C22H40N2O5SSi2. The molecule has 0 amide bonds. The smallest absolute Gasteiger partial charge is 0.335 e. The van der Waals surface area contributed by atoms with E-state index in [2.05, 4.69) is 60.4 Å². The number of rotatable bonds is 6. The van der Waals surface area contributed by atoms with Crippen LogP contribution in [-0.2, 0) is 13.0 Å². The van der Waals surface area contributed by atoms with Crippen molar-refractivity contribution in [1.29, 1.82) is 0 Å². The summed E-state index contributed by atoms with van der Waals surface area (Å²) in [5.74, 6) is 0. The maximum atomic E-state index is 12.2. The largest absolute Gasteiger partial charge is 0.414 e. The van der Waals surface area contributed by atoms with Crippen molar-refractivity contribution in [3.05, 3.63) is 38.7 Å². The highest BCUT2D eigenvalue weighted by Gasteiger charge is 2.58. The summed E-state index contributed by atoms with van der Waals surface area (Å²) >= 11 is 4.85. The number of hydrogen-bond acceptors (Lipinski definition) is 6. The van der Waals surface area contributed by atoms with Crippen molar-refractivity contribution in [2.75, 3.05) is 6.61 Å². The Morgan fingerprint density at radius 3 is 2.06 bits per heavy atom. The van der Waals surface area contributed by atoms with Crippen LogP contribution in [0.15, 0.2) is 21.9 Å². The summed E-state index contributed by atoms with van der Waals surface area (Å²) < 4.78 is 22.1. The molecule has 1 N–H and O–H groups in total. The van der Waals surface area contributed by atoms with Gasteiger partial charge in [-0.05, 0) is 35.2 Å². The quantitative estimate of drug-likeness (QED) is 0.442. The first kappa shape index (κ1) is 27.3. The summed E-state index contributed by atoms with van der Waals surface area (Å²) in [5.41, 5.74) is 0.515. The molecular weight excluding hydrogens is 460 g/mol. The van der Waals surface area contributed by atoms with Crippen molar-refractivity contribution in [1.82, 2.24) is 9.55 Å². The summed E-state index contributed by atoms with van der Waals surface area (Å²) in [6, 6.07) is 0. The molecule has 0 aliphatic carbocycles. The highest BCUT2D eigenvalue weighted by molar-refractivity contribution is 7.81. The zero-order valence-electron chi connectivity index (χ0n) is 20.8. The molecule has 1 aliphatic rings. The van der Waals surface area contributed by atoms with E-state index in [1.807, 2.05) is 6.08 Å². The molecule has 0 bridgehead atoms. The molecule has 0 radical (unpaired) electrons. The number of aromatic amines is 1. The van der Waals surface area contributed by atoms with Crippen LogP contribution in [0, 0.1) is 6.92 Å². The van der Waals surface area contributed by atoms with E-state index in [4.69, 9.17) is 25.6 Å². The maximum absolute atomic E-state index is 12.2. The molecule has 1 aromatic rings. The van der Waals surface area contributed by atoms with E-state index >= 15 is 0 Å². The fraction of sp³-hybridized carbons (Fsp3) is 0.727. The van der Waals surface area contributed by atoms with Crippen LogP contribution < -0.4 is 11.2 Å². The third kappa shape index (κ3) is 5.42. The Labute approximate surface area is 199 Å². The summed E-state index contributed by atoms with van der Waals surface area (Å²) in [6.45, 7) is 19.5. The molecule has 182 valence electrons. The Bertz CT molecular complexity index is 910. The van der Waals surface area contributed by atoms with Crippen molar-refractivity contribution >= 4 is 36.0 Å². The van der Waals surface area contributed by atoms with Crippen molar-refractivity contribution in [3.63, 3.8) is 0 Å². The first-order chi connectivity index (χ1) is 14.8. The van der Waals surface area contributed by atoms with Crippen molar-refractivity contribution < 1.29 is 13.0 Å². The molecule has 0 spiro atoms. The molecule has 32 heavy (non-hydrogen) atoms. The van der Waals surface area contributed by atoms with E-state index in [9.17, 15) is 9.59 Å². The fourth-order valence-corrected chi connectivity index (χ4v) is 16.0. The van der Waals surface area contributed by atoms with Crippen LogP contribution in [-0.4, -0.2) is 44.6 Å². The lowest BCUT2D eigenvalue weighted by atomic mass is 10.2. The summed E-state index contributed by atoms with van der Waals surface area (Å²) in [5, 5.41) is -0.219. The van der Waals surface area contributed by atoms with Crippen LogP contribution in [0.1, 0.15) is 61.0 Å². The van der Waals surface area contributed by atoms with Gasteiger partial charge < -0.3 is 13.0 Å². The number of aryl methyl sites for hydroxylation is 1. The number of H-pyrrole nitrogens is 1. The topological polar surface area (TPSA) is 82.6 Å². The minimum absolute atomic E-state index is 0.197. The van der Waals surface area contributed by atoms with Crippen molar-refractivity contribution in [2.45, 2.75) is 95.8 Å². The van der Waals surface area contributed by atoms with E-state index in [1.54, 1.807) is 13.1 Å². The van der Waals surface area contributed by atoms with Gasteiger partial charge in [0, 0.05) is 18.0 Å². The van der Waals surface area contributed by atoms with Crippen LogP contribution in [0.3, 0.4) is 0 Å². The van der Waals surface area contributed by atoms with E-state index in [1.165, 1.54) is 10.8 Å². The van der Waals surface area contributed by atoms with Gasteiger partial charge in [-0.2, -0.15) is 12.6 Å². The second kappa shape index (κ2) is 10.6. The zero-order valence-corrected chi connectivity index (χ0v) is 23.7. The maximum Gasteiger partial charge on any atom is 0.335 e. The van der Waals surface area contributed by atoms with E-state index in [-0.39, 0.29) is 33.0 Å². The number of nitrogens with zero attached hydrogens (tertiary/aromatic N) is 1. The Morgan fingerprint density at radius 1 is 1.03 bits per heavy atom. The molecule has 0 aromatic carbocycles. The van der Waals surface area contributed by atoms with Gasteiger partial charge in [0.25, 0.3) is 5.56 Å². The van der Waals surface area contributed by atoms with E-state index in [0.29, 0.717) is 12.2 Å². The van der Waals surface area contributed by atoms with E-state index in [0.717, 1.165) is 0 Å². The lowest BCUT2D eigenvalue weighted by molar-refractivity contribution is 0.0933. The SMILES string of the molecule is Cc1cn(/C=C/[C@@H]2O[Si](C(C)C)(C(C)C)O[Si](C(C)C)(C(C)C)OC[C@H]2S)c(=O)[nH]c1=O. The number of thiol groups is 1. The lowest BCUT2D eigenvalue weighted by Crippen LogP contribution is -2.64. The van der Waals surface area contributed by atoms with Crippen molar-refractivity contribution in [2.24, 2.45) is 0 Å². The average molecular weight is 501 g/mol. The van der Waals surface area contributed by atoms with Crippen LogP contribution >= 0.6 is 12.6 Å². The third-order valence-electron chi connectivity index (χ3n) is 6.30. The second-order valence-electron chi connectivity index (χ2n) is 9.94. The molecule has 1 aromatic heterocycles. The average Bonchev–Trinajstić information content (AvgIpc) is 2.67. The van der Waals surface area contributed by atoms with Gasteiger partial charge in [-0.1, -0.05) is 55.4 Å². The molecule has 0 saturated carbocycles. The third-order valence-corrected chi connectivity index (χ3v) is 17.0. The van der Waals surface area contributed by atoms with Gasteiger partial charge in [-0.25, -0.2) is 4.79 Å². The monoisotopic (exact) mass is 500 g/mol. The number of hydrogen-bond donors (Lipinski definition) is 2. The minimum Gasteiger partial charge on any atom is -0.414 e. The highest BCUT2D eigenvalue weighted by atomic mass is 32.1. The van der Waals surface area contributed by atoms with E-state index < -0.39 is 28.9 Å². The first-order valence-electron chi connectivity index (χ1n) is 11.5. The molecule has 1 fully saturated rings. The van der Waals surface area contributed by atoms with Crippen molar-refractivity contribution in [3.8, 4) is 0 Å².